The number of nitro groups is 1. The van der Waals surface area contributed by atoms with Crippen LogP contribution in [0.1, 0.15) is 11.7 Å². The zero-order chi connectivity index (χ0) is 18.8. The van der Waals surface area contributed by atoms with E-state index >= 15 is 0 Å². The minimum atomic E-state index is -5.03. The maximum absolute atomic E-state index is 14.0. The minimum Gasteiger partial charge on any atom is -0.428 e. The van der Waals surface area contributed by atoms with Crippen molar-refractivity contribution in [1.82, 2.24) is 0 Å². The molecular weight excluding hydrogens is 414 g/mol. The summed E-state index contributed by atoms with van der Waals surface area (Å²) in [6.07, 6.45) is -7.96. The van der Waals surface area contributed by atoms with Crippen molar-refractivity contribution in [1.29, 1.82) is 0 Å². The first-order valence-corrected chi connectivity index (χ1v) is 7.46. The lowest BCUT2D eigenvalue weighted by atomic mass is 10.0. The van der Waals surface area contributed by atoms with Gasteiger partial charge >= 0.3 is 12.0 Å². The van der Waals surface area contributed by atoms with Crippen LogP contribution in [0.25, 0.3) is 0 Å². The predicted octanol–water partition coefficient (Wildman–Crippen LogP) is 4.70. The summed E-state index contributed by atoms with van der Waals surface area (Å²) in [4.78, 5) is 9.72. The van der Waals surface area contributed by atoms with Crippen molar-refractivity contribution in [3.05, 3.63) is 68.7 Å². The van der Waals surface area contributed by atoms with Gasteiger partial charge in [-0.05, 0) is 42.0 Å². The summed E-state index contributed by atoms with van der Waals surface area (Å²) in [5.74, 6) is -5.51. The molecule has 1 N–H and O–H groups in total. The molecule has 0 saturated carbocycles. The number of hydrogen-bond donors (Lipinski definition) is 1. The van der Waals surface area contributed by atoms with Crippen LogP contribution in [0, 0.1) is 10.1 Å². The highest BCUT2D eigenvalue weighted by atomic mass is 79.9. The molecule has 0 heterocycles. The van der Waals surface area contributed by atoms with Gasteiger partial charge in [0.2, 0.25) is 0 Å². The van der Waals surface area contributed by atoms with Crippen LogP contribution in [0.15, 0.2) is 53.0 Å². The van der Waals surface area contributed by atoms with E-state index in [1.165, 1.54) is 12.1 Å². The minimum absolute atomic E-state index is 0.433. The maximum Gasteiger partial charge on any atom is 0.467 e. The van der Waals surface area contributed by atoms with Gasteiger partial charge in [0.15, 0.2) is 6.10 Å². The molecule has 0 spiro atoms. The number of rotatable bonds is 6. The zero-order valence-electron chi connectivity index (χ0n) is 12.2. The van der Waals surface area contributed by atoms with Crippen LogP contribution < -0.4 is 4.74 Å². The fourth-order valence-electron chi connectivity index (χ4n) is 1.87. The van der Waals surface area contributed by atoms with Gasteiger partial charge in [-0.3, -0.25) is 10.1 Å². The Kier molecular flexibility index (Phi) is 5.33. The second-order valence-electron chi connectivity index (χ2n) is 4.95. The van der Waals surface area contributed by atoms with Crippen LogP contribution in [0.4, 0.5) is 23.2 Å². The van der Waals surface area contributed by atoms with Gasteiger partial charge in [0.05, 0.1) is 4.92 Å². The third kappa shape index (κ3) is 4.07. The van der Waals surface area contributed by atoms with E-state index in [4.69, 9.17) is 0 Å². The Labute approximate surface area is 147 Å². The van der Waals surface area contributed by atoms with Crippen LogP contribution in [0.5, 0.6) is 5.75 Å². The van der Waals surface area contributed by atoms with Crippen LogP contribution >= 0.6 is 15.9 Å². The van der Waals surface area contributed by atoms with Crippen molar-refractivity contribution in [3.63, 3.8) is 0 Å². The molecule has 0 radical (unpaired) electrons. The Morgan fingerprint density at radius 1 is 1.04 bits per heavy atom. The monoisotopic (exact) mass is 423 g/mol. The van der Waals surface area contributed by atoms with Gasteiger partial charge in [0, 0.05) is 16.6 Å². The van der Waals surface area contributed by atoms with Crippen molar-refractivity contribution < 1.29 is 32.3 Å². The Hall–Kier alpha value is -2.20. The number of hydrogen-bond acceptors (Lipinski definition) is 4. The van der Waals surface area contributed by atoms with Crippen molar-refractivity contribution >= 4 is 21.6 Å². The summed E-state index contributed by atoms with van der Waals surface area (Å²) in [6.45, 7) is 0. The number of ether oxygens (including phenoxy) is 1. The number of aliphatic hydroxyl groups is 1. The Balaban J connectivity index is 2.24. The van der Waals surface area contributed by atoms with Gasteiger partial charge in [-0.1, -0.05) is 15.9 Å². The fourth-order valence-corrected chi connectivity index (χ4v) is 2.13. The molecule has 1 atom stereocenters. The van der Waals surface area contributed by atoms with Crippen LogP contribution in [-0.2, 0) is 0 Å². The van der Waals surface area contributed by atoms with Crippen LogP contribution in [-0.4, -0.2) is 22.1 Å². The van der Waals surface area contributed by atoms with E-state index < -0.39 is 40.1 Å². The van der Waals surface area contributed by atoms with E-state index in [-0.39, 0.29) is 0 Å². The number of benzene rings is 2. The SMILES string of the molecule is O=[N+]([O-])c1ccc(C(O)C(F)(F)C(F)(F)Oc2ccc(Br)cc2)cc1. The zero-order valence-corrected chi connectivity index (χ0v) is 13.8. The molecule has 2 aromatic rings. The highest BCUT2D eigenvalue weighted by Gasteiger charge is 2.64. The molecule has 25 heavy (non-hydrogen) atoms. The summed E-state index contributed by atoms with van der Waals surface area (Å²) in [5.41, 5.74) is -1.05. The molecule has 0 aliphatic carbocycles. The summed E-state index contributed by atoms with van der Waals surface area (Å²) >= 11 is 3.06. The average Bonchev–Trinajstić information content (AvgIpc) is 2.56. The number of nitro benzene ring substituents is 1. The van der Waals surface area contributed by atoms with Crippen molar-refractivity contribution in [2.75, 3.05) is 0 Å². The van der Waals surface area contributed by atoms with E-state index in [0.29, 0.717) is 4.47 Å². The van der Waals surface area contributed by atoms with Crippen molar-refractivity contribution in [2.45, 2.75) is 18.1 Å². The molecule has 2 rings (SSSR count). The molecule has 0 saturated heterocycles. The number of alkyl halides is 4. The van der Waals surface area contributed by atoms with E-state index in [1.807, 2.05) is 0 Å². The van der Waals surface area contributed by atoms with Gasteiger partial charge in [-0.15, -0.1) is 0 Å². The third-order valence-electron chi connectivity index (χ3n) is 3.21. The van der Waals surface area contributed by atoms with E-state index in [9.17, 15) is 32.8 Å². The molecule has 5 nitrogen and oxygen atoms in total. The summed E-state index contributed by atoms with van der Waals surface area (Å²) in [5, 5.41) is 20.2. The third-order valence-corrected chi connectivity index (χ3v) is 3.74. The molecule has 0 aromatic heterocycles. The number of non-ortho nitro benzene ring substituents is 1. The van der Waals surface area contributed by atoms with Gasteiger partial charge < -0.3 is 9.84 Å². The standard InChI is InChI=1S/C15H10BrF4NO4/c16-10-3-7-12(8-4-10)25-15(19,20)14(17,18)13(22)9-1-5-11(6-2-9)21(23)24/h1-8,13,22H. The summed E-state index contributed by atoms with van der Waals surface area (Å²) < 4.78 is 60.4. The van der Waals surface area contributed by atoms with Crippen molar-refractivity contribution in [3.8, 4) is 5.75 Å². The lowest BCUT2D eigenvalue weighted by Gasteiger charge is -2.30. The second kappa shape index (κ2) is 6.96. The van der Waals surface area contributed by atoms with Gasteiger partial charge in [-0.2, -0.15) is 17.6 Å². The van der Waals surface area contributed by atoms with Gasteiger partial charge in [-0.25, -0.2) is 0 Å². The molecule has 10 heteroatoms. The van der Waals surface area contributed by atoms with Crippen LogP contribution in [0.3, 0.4) is 0 Å². The van der Waals surface area contributed by atoms with Crippen molar-refractivity contribution in [2.24, 2.45) is 0 Å². The first-order chi connectivity index (χ1) is 11.5. The first kappa shape index (κ1) is 19.1. The highest BCUT2D eigenvalue weighted by Crippen LogP contribution is 2.44. The Bertz CT molecular complexity index is 753. The average molecular weight is 424 g/mol. The lowest BCUT2D eigenvalue weighted by Crippen LogP contribution is -2.49. The summed E-state index contributed by atoms with van der Waals surface area (Å²) in [6, 6.07) is 7.91. The molecule has 0 bridgehead atoms. The topological polar surface area (TPSA) is 72.6 Å². The quantitative estimate of drug-likeness (QED) is 0.415. The molecule has 0 amide bonds. The normalized spacial score (nSPS) is 13.4. The molecule has 134 valence electrons. The lowest BCUT2D eigenvalue weighted by molar-refractivity contribution is -0.384. The molecule has 2 aromatic carbocycles. The summed E-state index contributed by atoms with van der Waals surface area (Å²) in [7, 11) is 0. The fraction of sp³-hybridized carbons (Fsp3) is 0.200. The number of halogens is 5. The molecular formula is C15H10BrF4NO4. The van der Waals surface area contributed by atoms with Crippen LogP contribution in [0.2, 0.25) is 0 Å². The van der Waals surface area contributed by atoms with E-state index in [1.54, 1.807) is 0 Å². The molecule has 0 aliphatic heterocycles. The number of aliphatic hydroxyl groups excluding tert-OH is 1. The Morgan fingerprint density at radius 2 is 1.56 bits per heavy atom. The molecule has 0 fully saturated rings. The highest BCUT2D eigenvalue weighted by molar-refractivity contribution is 9.10. The number of nitrogens with zero attached hydrogens (tertiary/aromatic N) is 1. The van der Waals surface area contributed by atoms with E-state index in [2.05, 4.69) is 20.7 Å². The van der Waals surface area contributed by atoms with E-state index in [0.717, 1.165) is 36.4 Å². The molecule has 1 unspecified atom stereocenters. The maximum atomic E-state index is 14.0. The van der Waals surface area contributed by atoms with Gasteiger partial charge in [0.1, 0.15) is 5.75 Å². The largest absolute Gasteiger partial charge is 0.467 e. The van der Waals surface area contributed by atoms with Gasteiger partial charge in [0.25, 0.3) is 5.69 Å². The second-order valence-corrected chi connectivity index (χ2v) is 5.86. The first-order valence-electron chi connectivity index (χ1n) is 6.67. The molecule has 0 aliphatic rings. The Morgan fingerprint density at radius 3 is 2.04 bits per heavy atom. The predicted molar refractivity (Wildman–Crippen MR) is 82.7 cm³/mol. The smallest absolute Gasteiger partial charge is 0.428 e.